The van der Waals surface area contributed by atoms with Gasteiger partial charge in [-0.3, -0.25) is 8.61 Å². The van der Waals surface area contributed by atoms with Crippen molar-refractivity contribution in [1.82, 2.24) is 0 Å². The summed E-state index contributed by atoms with van der Waals surface area (Å²) in [5.74, 6) is 5.44. The number of thiophene rings is 2. The second-order valence-corrected chi connectivity index (χ2v) is 26.5. The van der Waals surface area contributed by atoms with Crippen LogP contribution in [0.1, 0.15) is 33.4 Å². The molecule has 0 aliphatic carbocycles. The number of hydrogen-bond acceptors (Lipinski definition) is 10. The summed E-state index contributed by atoms with van der Waals surface area (Å²) in [6.45, 7) is 13.0. The molecule has 17 rings (SSSR count). The van der Waals surface area contributed by atoms with E-state index in [2.05, 4.69) is 237 Å². The summed E-state index contributed by atoms with van der Waals surface area (Å²) in [6.07, 6.45) is 4.46. The van der Waals surface area contributed by atoms with E-state index in [0.29, 0.717) is 0 Å². The Labute approximate surface area is 502 Å². The standard InChI is InChI=1S/C70H52B3N3O3S4/c1-37-19-16-20-38(2)57(37)43-31-49-60-54(34-43)77-52-29-14-12-27-47(52)71(60)67-63(74(49)46-25-10-9-11-26-46)64-68(82-67)73-62-51(75(64)80-7)33-45(59-41(5)23-18-24-42(59)6)36-56(62)79-66-65-69(83-70(66)73)72-48-28-13-15-30-53(48)78-55-35-44(32-50(61(55)72)76(65)81-8)58-39(3)21-17-22-40(58)4/h9-36H,1-8H3. The summed E-state index contributed by atoms with van der Waals surface area (Å²) in [7, 11) is 0. The van der Waals surface area contributed by atoms with Crippen LogP contribution in [0.2, 0.25) is 0 Å². The lowest BCUT2D eigenvalue weighted by atomic mass is 9.36. The molecule has 398 valence electrons. The van der Waals surface area contributed by atoms with Crippen molar-refractivity contribution in [1.29, 1.82) is 0 Å². The van der Waals surface area contributed by atoms with Gasteiger partial charge in [-0.1, -0.05) is 109 Å². The van der Waals surface area contributed by atoms with Crippen LogP contribution in [-0.2, 0) is 0 Å². The molecule has 0 N–H and O–H groups in total. The molecule has 0 fully saturated rings. The molecule has 0 saturated heterocycles. The van der Waals surface area contributed by atoms with E-state index in [1.165, 1.54) is 108 Å². The quantitative estimate of drug-likeness (QED) is 0.120. The SMILES string of the molecule is CSN1c2cc(-c3c(C)cccc3C)cc3c2B(c2ccccc2O3)c2sc3c(c21)Oc1cc(-c2c(C)cccc2C)cc2c1B3c1sc3c(c1N2SC)N(c1ccccc1)c1cc(-c2c(C)cccc2C)cc2c1B3c1ccccc1O2. The van der Waals surface area contributed by atoms with Crippen molar-refractivity contribution in [3.63, 3.8) is 0 Å². The van der Waals surface area contributed by atoms with Crippen molar-refractivity contribution in [2.24, 2.45) is 0 Å². The topological polar surface area (TPSA) is 37.4 Å². The minimum Gasteiger partial charge on any atom is -0.458 e. The minimum absolute atomic E-state index is 0.0871. The first-order valence-electron chi connectivity index (χ1n) is 28.4. The Kier molecular flexibility index (Phi) is 10.9. The van der Waals surface area contributed by atoms with Crippen molar-refractivity contribution in [2.75, 3.05) is 26.0 Å². The van der Waals surface area contributed by atoms with Gasteiger partial charge in [-0.15, -0.1) is 0 Å². The highest BCUT2D eigenvalue weighted by Crippen LogP contribution is 2.55. The monoisotopic (exact) mass is 1140 g/mol. The van der Waals surface area contributed by atoms with Crippen LogP contribution < -0.4 is 74.1 Å². The van der Waals surface area contributed by atoms with Crippen molar-refractivity contribution < 1.29 is 14.2 Å². The second-order valence-electron chi connectivity index (χ2n) is 22.9. The average Bonchev–Trinajstić information content (AvgIpc) is 1.96. The highest BCUT2D eigenvalue weighted by Gasteiger charge is 2.54. The van der Waals surface area contributed by atoms with E-state index in [1.807, 2.05) is 22.7 Å². The van der Waals surface area contributed by atoms with Crippen molar-refractivity contribution in [3.05, 3.63) is 203 Å². The van der Waals surface area contributed by atoms with Gasteiger partial charge in [-0.2, -0.15) is 22.7 Å². The molecule has 6 aliphatic rings. The lowest BCUT2D eigenvalue weighted by Gasteiger charge is -2.42. The molecule has 0 unspecified atom stereocenters. The van der Waals surface area contributed by atoms with E-state index in [0.717, 1.165) is 79.6 Å². The van der Waals surface area contributed by atoms with E-state index in [-0.39, 0.29) is 20.1 Å². The smallest absolute Gasteiger partial charge is 0.281 e. The number of anilines is 7. The largest absolute Gasteiger partial charge is 0.458 e. The Balaban J connectivity index is 0.976. The molecule has 9 aromatic carbocycles. The van der Waals surface area contributed by atoms with Crippen LogP contribution in [0, 0.1) is 41.5 Å². The van der Waals surface area contributed by atoms with Gasteiger partial charge in [-0.05, 0) is 220 Å². The third-order valence-corrected chi connectivity index (χ3v) is 22.3. The van der Waals surface area contributed by atoms with Gasteiger partial charge in [0.25, 0.3) is 20.1 Å². The highest BCUT2D eigenvalue weighted by molar-refractivity contribution is 8.00. The molecule has 0 saturated carbocycles. The van der Waals surface area contributed by atoms with Crippen LogP contribution >= 0.6 is 46.6 Å². The van der Waals surface area contributed by atoms with Gasteiger partial charge in [0, 0.05) is 43.0 Å². The van der Waals surface area contributed by atoms with E-state index < -0.39 is 0 Å². The summed E-state index contributed by atoms with van der Waals surface area (Å²) < 4.78 is 32.2. The Bertz CT molecular complexity index is 4610. The molecule has 2 aromatic heterocycles. The Morgan fingerprint density at radius 1 is 0.361 bits per heavy atom. The molecule has 6 nitrogen and oxygen atoms in total. The Hall–Kier alpha value is -7.93. The minimum atomic E-state index is -0.160. The van der Waals surface area contributed by atoms with Gasteiger partial charge in [0.2, 0.25) is 0 Å². The lowest BCUT2D eigenvalue weighted by Crippen LogP contribution is -2.58. The molecule has 11 aromatic rings. The molecular formula is C70H52B3N3O3S4. The molecule has 83 heavy (non-hydrogen) atoms. The summed E-state index contributed by atoms with van der Waals surface area (Å²) in [5, 5.41) is 0. The molecule has 6 aliphatic heterocycles. The maximum absolute atomic E-state index is 7.84. The number of aryl methyl sites for hydroxylation is 6. The fraction of sp³-hybridized carbons (Fsp3) is 0.114. The second kappa shape index (κ2) is 18.3. The fourth-order valence-corrected chi connectivity index (χ4v) is 19.5. The van der Waals surface area contributed by atoms with Gasteiger partial charge < -0.3 is 19.1 Å². The van der Waals surface area contributed by atoms with E-state index >= 15 is 0 Å². The molecule has 0 atom stereocenters. The maximum atomic E-state index is 7.84. The summed E-state index contributed by atoms with van der Waals surface area (Å²) in [6, 6.07) is 62.7. The first kappa shape index (κ1) is 49.7. The molecule has 0 spiro atoms. The normalized spacial score (nSPS) is 14.0. The Morgan fingerprint density at radius 2 is 0.759 bits per heavy atom. The van der Waals surface area contributed by atoms with Gasteiger partial charge in [0.1, 0.15) is 34.4 Å². The number of rotatable bonds is 6. The fourth-order valence-electron chi connectivity index (χ4n) is 14.9. The third-order valence-electron chi connectivity index (χ3n) is 18.2. The molecule has 8 heterocycles. The number of hydrogen-bond donors (Lipinski definition) is 0. The zero-order chi connectivity index (χ0) is 55.8. The maximum Gasteiger partial charge on any atom is 0.281 e. The van der Waals surface area contributed by atoms with Gasteiger partial charge in [-0.25, -0.2) is 0 Å². The first-order chi connectivity index (χ1) is 40.6. The van der Waals surface area contributed by atoms with E-state index in [1.54, 1.807) is 23.9 Å². The predicted molar refractivity (Wildman–Crippen MR) is 359 cm³/mol. The summed E-state index contributed by atoms with van der Waals surface area (Å²) in [4.78, 5) is 2.58. The van der Waals surface area contributed by atoms with E-state index in [9.17, 15) is 0 Å². The number of nitrogens with zero attached hydrogens (tertiary/aromatic N) is 3. The number of fused-ring (bicyclic) bond motifs is 14. The van der Waals surface area contributed by atoms with E-state index in [4.69, 9.17) is 14.2 Å². The average molecular weight is 1140 g/mol. The molecule has 0 radical (unpaired) electrons. The van der Waals surface area contributed by atoms with Crippen LogP contribution in [0.25, 0.3) is 33.4 Å². The first-order valence-corrected chi connectivity index (χ1v) is 32.4. The van der Waals surface area contributed by atoms with Gasteiger partial charge in [0.05, 0.1) is 22.7 Å². The lowest BCUT2D eigenvalue weighted by molar-refractivity contribution is 0.487. The van der Waals surface area contributed by atoms with Crippen LogP contribution in [0.15, 0.2) is 170 Å². The summed E-state index contributed by atoms with van der Waals surface area (Å²) >= 11 is 7.44. The zero-order valence-corrected chi connectivity index (χ0v) is 50.4. The zero-order valence-electron chi connectivity index (χ0n) is 47.1. The van der Waals surface area contributed by atoms with Crippen LogP contribution in [0.4, 0.5) is 39.8 Å². The molecule has 0 bridgehead atoms. The Morgan fingerprint density at radius 3 is 1.27 bits per heavy atom. The highest BCUT2D eigenvalue weighted by atomic mass is 32.2. The molecule has 13 heteroatoms. The van der Waals surface area contributed by atoms with Gasteiger partial charge in [0.15, 0.2) is 5.75 Å². The van der Waals surface area contributed by atoms with Crippen molar-refractivity contribution in [3.8, 4) is 67.9 Å². The molecule has 0 amide bonds. The predicted octanol–water partition coefficient (Wildman–Crippen LogP) is 13.8. The number of para-hydroxylation sites is 3. The van der Waals surface area contributed by atoms with Crippen LogP contribution in [0.3, 0.4) is 0 Å². The number of ether oxygens (including phenoxy) is 3. The summed E-state index contributed by atoms with van der Waals surface area (Å²) in [5.41, 5.74) is 28.6. The third kappa shape index (κ3) is 6.90. The molecular weight excluding hydrogens is 1090 g/mol. The van der Waals surface area contributed by atoms with Crippen LogP contribution in [0.5, 0.6) is 34.5 Å². The number of benzene rings is 9. The van der Waals surface area contributed by atoms with Gasteiger partial charge >= 0.3 is 0 Å². The van der Waals surface area contributed by atoms with Crippen molar-refractivity contribution in [2.45, 2.75) is 41.5 Å². The van der Waals surface area contributed by atoms with Crippen LogP contribution in [-0.4, -0.2) is 32.6 Å². The van der Waals surface area contributed by atoms with Crippen molar-refractivity contribution >= 4 is 153 Å².